The van der Waals surface area contributed by atoms with E-state index >= 15 is 0 Å². The van der Waals surface area contributed by atoms with Crippen LogP contribution in [0.25, 0.3) is 22.5 Å². The van der Waals surface area contributed by atoms with Crippen molar-refractivity contribution in [3.8, 4) is 11.6 Å². The van der Waals surface area contributed by atoms with Crippen LogP contribution in [0.2, 0.25) is 0 Å². The Morgan fingerprint density at radius 3 is 2.68 bits per heavy atom. The Morgan fingerprint density at radius 2 is 1.95 bits per heavy atom. The van der Waals surface area contributed by atoms with Gasteiger partial charge in [0.25, 0.3) is 0 Å². The van der Waals surface area contributed by atoms with E-state index in [9.17, 15) is 0 Å². The molecule has 0 aliphatic carbocycles. The average Bonchev–Trinajstić information content (AvgIpc) is 3.06. The molecule has 0 amide bonds. The monoisotopic (exact) mass is 313 g/mol. The largest absolute Gasteiger partial charge is 0.461 e. The minimum Gasteiger partial charge on any atom is -0.461 e. The van der Waals surface area contributed by atoms with Crippen LogP contribution in [0.3, 0.4) is 0 Å². The van der Waals surface area contributed by atoms with Crippen molar-refractivity contribution in [3.05, 3.63) is 42.7 Å². The molecule has 0 saturated heterocycles. The van der Waals surface area contributed by atoms with E-state index in [4.69, 9.17) is 9.40 Å². The van der Waals surface area contributed by atoms with E-state index in [1.54, 1.807) is 18.0 Å². The molecule has 22 heavy (non-hydrogen) atoms. The molecule has 0 spiro atoms. The molecule has 114 valence electrons. The third kappa shape index (κ3) is 3.15. The molecule has 0 radical (unpaired) electrons. The van der Waals surface area contributed by atoms with Crippen LogP contribution in [-0.4, -0.2) is 40.8 Å². The quantitative estimate of drug-likeness (QED) is 0.527. The molecule has 0 saturated carbocycles. The Hall–Kier alpha value is -1.85. The van der Waals surface area contributed by atoms with Gasteiger partial charge in [0.05, 0.1) is 11.8 Å². The van der Waals surface area contributed by atoms with Crippen LogP contribution in [0.1, 0.15) is 6.92 Å². The van der Waals surface area contributed by atoms with E-state index in [1.165, 1.54) is 0 Å². The predicted molar refractivity (Wildman–Crippen MR) is 91.1 cm³/mol. The standard InChI is InChI=1S/C17H19N3OS/c1-12(20(2)3)11-22-17-13-7-4-5-8-14(13)18-16(19-17)15-9-6-10-21-15/h4-10,12H,11H2,1-3H3/t12-/m0/s1. The summed E-state index contributed by atoms with van der Waals surface area (Å²) < 4.78 is 5.44. The van der Waals surface area contributed by atoms with Gasteiger partial charge < -0.3 is 9.32 Å². The number of aromatic nitrogens is 2. The number of fused-ring (bicyclic) bond motifs is 1. The fourth-order valence-corrected chi connectivity index (χ4v) is 3.20. The van der Waals surface area contributed by atoms with E-state index in [0.717, 1.165) is 21.7 Å². The van der Waals surface area contributed by atoms with Gasteiger partial charge in [-0.3, -0.25) is 0 Å². The van der Waals surface area contributed by atoms with Gasteiger partial charge in [0, 0.05) is 17.2 Å². The summed E-state index contributed by atoms with van der Waals surface area (Å²) in [5.74, 6) is 2.32. The van der Waals surface area contributed by atoms with Crippen LogP contribution in [0.5, 0.6) is 0 Å². The number of hydrogen-bond acceptors (Lipinski definition) is 5. The van der Waals surface area contributed by atoms with Gasteiger partial charge >= 0.3 is 0 Å². The number of thioether (sulfide) groups is 1. The van der Waals surface area contributed by atoms with Gasteiger partial charge in [-0.25, -0.2) is 9.97 Å². The van der Waals surface area contributed by atoms with Crippen molar-refractivity contribution in [2.75, 3.05) is 19.8 Å². The highest BCUT2D eigenvalue weighted by Gasteiger charge is 2.13. The summed E-state index contributed by atoms with van der Waals surface area (Å²) in [6.45, 7) is 2.21. The van der Waals surface area contributed by atoms with E-state index < -0.39 is 0 Å². The summed E-state index contributed by atoms with van der Waals surface area (Å²) in [5.41, 5.74) is 0.948. The lowest BCUT2D eigenvalue weighted by Gasteiger charge is -2.19. The van der Waals surface area contributed by atoms with Crippen molar-refractivity contribution in [2.24, 2.45) is 0 Å². The second-order valence-corrected chi connectivity index (χ2v) is 6.48. The number of furan rings is 1. The number of hydrogen-bond donors (Lipinski definition) is 0. The van der Waals surface area contributed by atoms with Gasteiger partial charge in [0.2, 0.25) is 0 Å². The molecule has 0 bridgehead atoms. The van der Waals surface area contributed by atoms with Crippen molar-refractivity contribution in [3.63, 3.8) is 0 Å². The summed E-state index contributed by atoms with van der Waals surface area (Å²) in [5, 5.41) is 2.10. The van der Waals surface area contributed by atoms with Crippen LogP contribution < -0.4 is 0 Å². The topological polar surface area (TPSA) is 42.2 Å². The fraction of sp³-hybridized carbons (Fsp3) is 0.294. The second kappa shape index (κ2) is 6.50. The lowest BCUT2D eigenvalue weighted by Crippen LogP contribution is -2.26. The lowest BCUT2D eigenvalue weighted by atomic mass is 10.2. The third-order valence-electron chi connectivity index (χ3n) is 3.65. The summed E-state index contributed by atoms with van der Waals surface area (Å²) in [7, 11) is 4.19. The van der Waals surface area contributed by atoms with Crippen LogP contribution >= 0.6 is 11.8 Å². The molecule has 1 atom stereocenters. The molecule has 2 aromatic heterocycles. The molecule has 5 heteroatoms. The van der Waals surface area contributed by atoms with Crippen molar-refractivity contribution in [1.29, 1.82) is 0 Å². The summed E-state index contributed by atoms with van der Waals surface area (Å²) in [6, 6.07) is 12.3. The fourth-order valence-electron chi connectivity index (χ4n) is 2.02. The molecule has 3 rings (SSSR count). The zero-order valence-electron chi connectivity index (χ0n) is 13.0. The zero-order valence-corrected chi connectivity index (χ0v) is 13.8. The highest BCUT2D eigenvalue weighted by atomic mass is 32.2. The van der Waals surface area contributed by atoms with Crippen molar-refractivity contribution < 1.29 is 4.42 Å². The maximum atomic E-state index is 5.44. The van der Waals surface area contributed by atoms with Crippen LogP contribution in [0.4, 0.5) is 0 Å². The summed E-state index contributed by atoms with van der Waals surface area (Å²) in [4.78, 5) is 11.5. The van der Waals surface area contributed by atoms with E-state index in [0.29, 0.717) is 17.6 Å². The van der Waals surface area contributed by atoms with Gasteiger partial charge in [-0.15, -0.1) is 11.8 Å². The highest BCUT2D eigenvalue weighted by Crippen LogP contribution is 2.29. The lowest BCUT2D eigenvalue weighted by molar-refractivity contribution is 0.340. The Kier molecular flexibility index (Phi) is 4.45. The molecule has 0 aliphatic rings. The van der Waals surface area contributed by atoms with E-state index in [-0.39, 0.29) is 0 Å². The van der Waals surface area contributed by atoms with Gasteiger partial charge in [0.15, 0.2) is 11.6 Å². The first kappa shape index (κ1) is 15.1. The van der Waals surface area contributed by atoms with Crippen LogP contribution in [0.15, 0.2) is 52.1 Å². The molecule has 0 N–H and O–H groups in total. The Balaban J connectivity index is 1.99. The van der Waals surface area contributed by atoms with Crippen molar-refractivity contribution in [1.82, 2.24) is 14.9 Å². The van der Waals surface area contributed by atoms with Gasteiger partial charge in [-0.05, 0) is 39.2 Å². The van der Waals surface area contributed by atoms with Crippen LogP contribution in [-0.2, 0) is 0 Å². The van der Waals surface area contributed by atoms with Crippen molar-refractivity contribution >= 4 is 22.7 Å². The normalized spacial score (nSPS) is 12.9. The zero-order chi connectivity index (χ0) is 15.5. The Morgan fingerprint density at radius 1 is 1.14 bits per heavy atom. The van der Waals surface area contributed by atoms with Gasteiger partial charge in [0.1, 0.15) is 5.03 Å². The first-order chi connectivity index (χ1) is 10.6. The Bertz CT molecular complexity index is 756. The van der Waals surface area contributed by atoms with Gasteiger partial charge in [-0.2, -0.15) is 0 Å². The third-order valence-corrected chi connectivity index (χ3v) is 4.89. The number of rotatable bonds is 5. The molecule has 4 nitrogen and oxygen atoms in total. The molecule has 2 heterocycles. The molecule has 0 unspecified atom stereocenters. The number of benzene rings is 1. The van der Waals surface area contributed by atoms with Crippen LogP contribution in [0, 0.1) is 0 Å². The van der Waals surface area contributed by atoms with Crippen molar-refractivity contribution in [2.45, 2.75) is 18.0 Å². The summed E-state index contributed by atoms with van der Waals surface area (Å²) >= 11 is 1.76. The average molecular weight is 313 g/mol. The first-order valence-corrected chi connectivity index (χ1v) is 8.23. The maximum Gasteiger partial charge on any atom is 0.197 e. The second-order valence-electron chi connectivity index (χ2n) is 5.47. The maximum absolute atomic E-state index is 5.44. The first-order valence-electron chi connectivity index (χ1n) is 7.25. The van der Waals surface area contributed by atoms with E-state index in [2.05, 4.69) is 37.0 Å². The minimum absolute atomic E-state index is 0.478. The smallest absolute Gasteiger partial charge is 0.197 e. The molecule has 3 aromatic rings. The molecular weight excluding hydrogens is 294 g/mol. The SMILES string of the molecule is C[C@@H](CSc1nc(-c2ccco2)nc2ccccc12)N(C)C. The minimum atomic E-state index is 0.478. The number of para-hydroxylation sites is 1. The van der Waals surface area contributed by atoms with Gasteiger partial charge in [-0.1, -0.05) is 18.2 Å². The van der Waals surface area contributed by atoms with E-state index in [1.807, 2.05) is 30.3 Å². The predicted octanol–water partition coefficient (Wildman–Crippen LogP) is 3.93. The summed E-state index contributed by atoms with van der Waals surface area (Å²) in [6.07, 6.45) is 1.65. The highest BCUT2D eigenvalue weighted by molar-refractivity contribution is 7.99. The molecular formula is C17H19N3OS. The molecule has 0 fully saturated rings. The molecule has 0 aliphatic heterocycles. The molecule has 1 aromatic carbocycles. The number of nitrogens with zero attached hydrogens (tertiary/aromatic N) is 3. The Labute approximate surface area is 134 Å².